The Bertz CT molecular complexity index is 2450. The van der Waals surface area contributed by atoms with Gasteiger partial charge in [-0.05, 0) is 76.5 Å². The molecule has 0 aliphatic carbocycles. The third kappa shape index (κ3) is 3.97. The van der Waals surface area contributed by atoms with Crippen LogP contribution in [-0.2, 0) is 0 Å². The zero-order valence-electron chi connectivity index (χ0n) is 23.2. The number of nitrogens with zero attached hydrogens (tertiary/aromatic N) is 1. The third-order valence-electron chi connectivity index (χ3n) is 8.44. The van der Waals surface area contributed by atoms with Crippen molar-refractivity contribution in [3.63, 3.8) is 0 Å². The average molecular weight is 584 g/mol. The Hall–Kier alpha value is -4.96. The van der Waals surface area contributed by atoms with Crippen LogP contribution in [0, 0.1) is 0 Å². The van der Waals surface area contributed by atoms with Gasteiger partial charge in [0.15, 0.2) is 0 Å². The fourth-order valence-electron chi connectivity index (χ4n) is 6.46. The maximum Gasteiger partial charge on any atom is 0.0476 e. The van der Waals surface area contributed by atoms with Gasteiger partial charge in [0.25, 0.3) is 0 Å². The number of hydrogen-bond acceptors (Lipinski definition) is 3. The van der Waals surface area contributed by atoms with Crippen LogP contribution in [0.25, 0.3) is 62.2 Å². The van der Waals surface area contributed by atoms with E-state index < -0.39 is 0 Å². The van der Waals surface area contributed by atoms with Gasteiger partial charge in [0.05, 0.1) is 0 Å². The van der Waals surface area contributed by atoms with Gasteiger partial charge in [-0.2, -0.15) is 0 Å². The molecule has 0 atom stereocenters. The van der Waals surface area contributed by atoms with Gasteiger partial charge in [0.2, 0.25) is 0 Å². The highest BCUT2D eigenvalue weighted by atomic mass is 32.1. The quantitative estimate of drug-likeness (QED) is 0.199. The van der Waals surface area contributed by atoms with Gasteiger partial charge in [0, 0.05) is 57.4 Å². The Labute approximate surface area is 257 Å². The van der Waals surface area contributed by atoms with Crippen LogP contribution < -0.4 is 4.90 Å². The van der Waals surface area contributed by atoms with Crippen LogP contribution in [-0.4, -0.2) is 0 Å². The van der Waals surface area contributed by atoms with Crippen LogP contribution in [0.2, 0.25) is 0 Å². The van der Waals surface area contributed by atoms with Gasteiger partial charge in [0.1, 0.15) is 0 Å². The molecule has 0 bridgehead atoms. The molecule has 3 heteroatoms. The summed E-state index contributed by atoms with van der Waals surface area (Å²) < 4.78 is 5.33. The van der Waals surface area contributed by atoms with Crippen LogP contribution in [0.4, 0.5) is 17.1 Å². The second-order valence-corrected chi connectivity index (χ2v) is 13.1. The summed E-state index contributed by atoms with van der Waals surface area (Å²) in [6.45, 7) is 0. The predicted octanol–water partition coefficient (Wildman–Crippen LogP) is 12.7. The third-order valence-corrected chi connectivity index (χ3v) is 10.8. The largest absolute Gasteiger partial charge is 0.310 e. The number of para-hydroxylation sites is 1. The van der Waals surface area contributed by atoms with Crippen molar-refractivity contribution in [3.8, 4) is 11.1 Å². The molecule has 202 valence electrons. The molecule has 0 aliphatic rings. The summed E-state index contributed by atoms with van der Waals surface area (Å²) in [5.74, 6) is 0. The van der Waals surface area contributed by atoms with E-state index in [1.165, 1.54) is 62.2 Å². The highest BCUT2D eigenvalue weighted by molar-refractivity contribution is 7.27. The van der Waals surface area contributed by atoms with E-state index in [1.807, 2.05) is 22.7 Å². The second kappa shape index (κ2) is 9.81. The summed E-state index contributed by atoms with van der Waals surface area (Å²) in [7, 11) is 0. The summed E-state index contributed by atoms with van der Waals surface area (Å²) in [6.07, 6.45) is 0. The molecule has 0 amide bonds. The summed E-state index contributed by atoms with van der Waals surface area (Å²) >= 11 is 3.76. The van der Waals surface area contributed by atoms with Crippen molar-refractivity contribution in [2.24, 2.45) is 0 Å². The van der Waals surface area contributed by atoms with Crippen molar-refractivity contribution >= 4 is 90.9 Å². The number of hydrogen-bond donors (Lipinski definition) is 0. The molecule has 0 saturated heterocycles. The molecule has 0 aliphatic heterocycles. The maximum atomic E-state index is 2.37. The Morgan fingerprint density at radius 2 is 1.00 bits per heavy atom. The van der Waals surface area contributed by atoms with Crippen molar-refractivity contribution in [1.82, 2.24) is 0 Å². The molecule has 2 aromatic heterocycles. The smallest absolute Gasteiger partial charge is 0.0476 e. The van der Waals surface area contributed by atoms with E-state index in [-0.39, 0.29) is 0 Å². The Kier molecular flexibility index (Phi) is 5.62. The first-order valence-electron chi connectivity index (χ1n) is 14.5. The predicted molar refractivity (Wildman–Crippen MR) is 190 cm³/mol. The molecule has 1 nitrogen and oxygen atoms in total. The van der Waals surface area contributed by atoms with Gasteiger partial charge in [-0.15, -0.1) is 22.7 Å². The van der Waals surface area contributed by atoms with Crippen LogP contribution in [0.3, 0.4) is 0 Å². The minimum absolute atomic E-state index is 1.14. The van der Waals surface area contributed by atoms with Crippen molar-refractivity contribution in [1.29, 1.82) is 0 Å². The van der Waals surface area contributed by atoms with Gasteiger partial charge >= 0.3 is 0 Å². The first-order valence-corrected chi connectivity index (χ1v) is 16.1. The monoisotopic (exact) mass is 583 g/mol. The van der Waals surface area contributed by atoms with E-state index in [4.69, 9.17) is 0 Å². The normalized spacial score (nSPS) is 11.7. The van der Waals surface area contributed by atoms with Gasteiger partial charge < -0.3 is 4.90 Å². The maximum absolute atomic E-state index is 2.37. The van der Waals surface area contributed by atoms with Gasteiger partial charge in [-0.25, -0.2) is 0 Å². The Morgan fingerprint density at radius 3 is 1.81 bits per heavy atom. The fraction of sp³-hybridized carbons (Fsp3) is 0. The Balaban J connectivity index is 1.21. The molecule has 2 heterocycles. The SMILES string of the molecule is c1ccc(N(c2ccc(-c3cc4ccccc4c4sc5ccccc5c34)cc2)c2ccc3c(c2)sc2ccccc23)cc1. The van der Waals surface area contributed by atoms with E-state index in [0.717, 1.165) is 17.1 Å². The van der Waals surface area contributed by atoms with E-state index in [2.05, 4.69) is 157 Å². The molecule has 0 spiro atoms. The number of fused-ring (bicyclic) bond motifs is 8. The van der Waals surface area contributed by atoms with Gasteiger partial charge in [-0.3, -0.25) is 0 Å². The zero-order valence-corrected chi connectivity index (χ0v) is 24.8. The summed E-state index contributed by atoms with van der Waals surface area (Å²) in [5.41, 5.74) is 5.97. The fourth-order valence-corrected chi connectivity index (χ4v) is 8.86. The molecule has 9 aromatic rings. The van der Waals surface area contributed by atoms with E-state index >= 15 is 0 Å². The number of thiophene rings is 2. The highest BCUT2D eigenvalue weighted by Crippen LogP contribution is 2.45. The molecule has 43 heavy (non-hydrogen) atoms. The highest BCUT2D eigenvalue weighted by Gasteiger charge is 2.17. The molecule has 0 N–H and O–H groups in total. The van der Waals surface area contributed by atoms with Crippen molar-refractivity contribution in [2.75, 3.05) is 4.90 Å². The lowest BCUT2D eigenvalue weighted by Gasteiger charge is -2.26. The van der Waals surface area contributed by atoms with Crippen molar-refractivity contribution < 1.29 is 0 Å². The topological polar surface area (TPSA) is 3.24 Å². The van der Waals surface area contributed by atoms with Crippen molar-refractivity contribution in [2.45, 2.75) is 0 Å². The molecular weight excluding hydrogens is 559 g/mol. The molecular formula is C40H25NS2. The minimum atomic E-state index is 1.14. The van der Waals surface area contributed by atoms with E-state index in [9.17, 15) is 0 Å². The molecule has 0 unspecified atom stereocenters. The Morgan fingerprint density at radius 1 is 0.395 bits per heavy atom. The zero-order chi connectivity index (χ0) is 28.3. The molecule has 0 fully saturated rings. The van der Waals surface area contributed by atoms with E-state index in [1.54, 1.807) is 0 Å². The number of rotatable bonds is 4. The summed E-state index contributed by atoms with van der Waals surface area (Å²) in [5, 5.41) is 7.93. The lowest BCUT2D eigenvalue weighted by molar-refractivity contribution is 1.29. The summed E-state index contributed by atoms with van der Waals surface area (Å²) in [6, 6.07) is 55.3. The average Bonchev–Trinajstić information content (AvgIpc) is 3.64. The molecule has 0 saturated carbocycles. The van der Waals surface area contributed by atoms with Crippen molar-refractivity contribution in [3.05, 3.63) is 152 Å². The first kappa shape index (κ1) is 24.6. The van der Waals surface area contributed by atoms with Gasteiger partial charge in [-0.1, -0.05) is 97.1 Å². The minimum Gasteiger partial charge on any atom is -0.310 e. The van der Waals surface area contributed by atoms with Crippen LogP contribution in [0.15, 0.2) is 152 Å². The standard InChI is InChI=1S/C40H25NS2/c1-2-11-28(12-3-1)41(30-22-23-33-32-14-6-8-16-36(32)42-38(33)25-30)29-20-18-26(19-21-29)35-24-27-10-4-5-13-31(27)40-39(35)34-15-7-9-17-37(34)43-40/h1-25H. The van der Waals surface area contributed by atoms with Crippen LogP contribution >= 0.6 is 22.7 Å². The first-order chi connectivity index (χ1) is 21.3. The summed E-state index contributed by atoms with van der Waals surface area (Å²) in [4.78, 5) is 2.36. The molecule has 9 rings (SSSR count). The second-order valence-electron chi connectivity index (χ2n) is 10.9. The van der Waals surface area contributed by atoms with Crippen LogP contribution in [0.1, 0.15) is 0 Å². The number of anilines is 3. The molecule has 0 radical (unpaired) electrons. The lowest BCUT2D eigenvalue weighted by Crippen LogP contribution is -2.09. The van der Waals surface area contributed by atoms with Crippen LogP contribution in [0.5, 0.6) is 0 Å². The van der Waals surface area contributed by atoms with E-state index in [0.29, 0.717) is 0 Å². The molecule has 7 aromatic carbocycles. The number of benzene rings is 7. The lowest BCUT2D eigenvalue weighted by atomic mass is 9.95.